The molecule has 7 nitrogen and oxygen atoms in total. The maximum atomic E-state index is 11.9. The van der Waals surface area contributed by atoms with E-state index in [-0.39, 0.29) is 17.9 Å². The number of hydrogen-bond donors (Lipinski definition) is 3. The highest BCUT2D eigenvalue weighted by Gasteiger charge is 2.29. The van der Waals surface area contributed by atoms with Crippen molar-refractivity contribution in [3.05, 3.63) is 54.1 Å². The number of urea groups is 1. The molecule has 1 aliphatic carbocycles. The number of methoxy groups -OCH3 is 1. The highest BCUT2D eigenvalue weighted by molar-refractivity contribution is 5.94. The molecule has 0 heterocycles. The zero-order valence-corrected chi connectivity index (χ0v) is 15.9. The van der Waals surface area contributed by atoms with Crippen molar-refractivity contribution in [2.24, 2.45) is 5.92 Å². The van der Waals surface area contributed by atoms with Gasteiger partial charge in [0.25, 0.3) is 0 Å². The number of anilines is 1. The molecule has 3 rings (SSSR count). The number of rotatable bonds is 9. The molecule has 148 valence electrons. The van der Waals surface area contributed by atoms with Crippen molar-refractivity contribution in [1.29, 1.82) is 0 Å². The molecule has 0 bridgehead atoms. The summed E-state index contributed by atoms with van der Waals surface area (Å²) in [6, 6.07) is 14.5. The predicted molar refractivity (Wildman–Crippen MR) is 107 cm³/mol. The Morgan fingerprint density at radius 1 is 1.00 bits per heavy atom. The minimum atomic E-state index is -0.269. The van der Waals surface area contributed by atoms with Gasteiger partial charge in [-0.2, -0.15) is 0 Å². The van der Waals surface area contributed by atoms with Crippen molar-refractivity contribution in [2.75, 3.05) is 25.6 Å². The van der Waals surface area contributed by atoms with Gasteiger partial charge in [-0.1, -0.05) is 24.3 Å². The van der Waals surface area contributed by atoms with Crippen molar-refractivity contribution < 1.29 is 19.1 Å². The predicted octanol–water partition coefficient (Wildman–Crippen LogP) is 2.92. The van der Waals surface area contributed by atoms with Crippen molar-refractivity contribution in [2.45, 2.75) is 19.4 Å². The van der Waals surface area contributed by atoms with Gasteiger partial charge >= 0.3 is 6.03 Å². The highest BCUT2D eigenvalue weighted by Crippen LogP contribution is 2.30. The smallest absolute Gasteiger partial charge is 0.315 e. The van der Waals surface area contributed by atoms with Gasteiger partial charge in [-0.25, -0.2) is 4.79 Å². The van der Waals surface area contributed by atoms with E-state index >= 15 is 0 Å². The number of carbonyl (C=O) groups excluding carboxylic acids is 2. The van der Waals surface area contributed by atoms with Crippen LogP contribution in [0.25, 0.3) is 0 Å². The van der Waals surface area contributed by atoms with E-state index in [9.17, 15) is 9.59 Å². The number of carbonyl (C=O) groups is 2. The number of para-hydroxylation sites is 2. The van der Waals surface area contributed by atoms with E-state index < -0.39 is 0 Å². The van der Waals surface area contributed by atoms with Crippen LogP contribution in [0.4, 0.5) is 10.5 Å². The Hall–Kier alpha value is -3.22. The second kappa shape index (κ2) is 9.64. The molecular formula is C21H25N3O4. The van der Waals surface area contributed by atoms with Crippen molar-refractivity contribution in [1.82, 2.24) is 10.6 Å². The van der Waals surface area contributed by atoms with Crippen LogP contribution in [0.3, 0.4) is 0 Å². The Labute approximate surface area is 164 Å². The molecular weight excluding hydrogens is 358 g/mol. The van der Waals surface area contributed by atoms with Crippen LogP contribution in [0, 0.1) is 5.92 Å². The van der Waals surface area contributed by atoms with Gasteiger partial charge in [0.05, 0.1) is 13.7 Å². The molecule has 2 aromatic carbocycles. The first-order valence-electron chi connectivity index (χ1n) is 9.33. The molecule has 7 heteroatoms. The minimum Gasteiger partial charge on any atom is -0.493 e. The van der Waals surface area contributed by atoms with Crippen LogP contribution in [-0.4, -0.2) is 32.2 Å². The van der Waals surface area contributed by atoms with Gasteiger partial charge in [-0.05, 0) is 42.7 Å². The number of nitrogens with one attached hydrogen (secondary N) is 3. The fraction of sp³-hybridized carbons (Fsp3) is 0.333. The van der Waals surface area contributed by atoms with Crippen LogP contribution >= 0.6 is 0 Å². The normalized spacial score (nSPS) is 12.8. The van der Waals surface area contributed by atoms with Gasteiger partial charge < -0.3 is 25.4 Å². The maximum absolute atomic E-state index is 11.9. The molecule has 28 heavy (non-hydrogen) atoms. The molecule has 0 aromatic heterocycles. The van der Waals surface area contributed by atoms with Gasteiger partial charge in [0.1, 0.15) is 6.61 Å². The van der Waals surface area contributed by atoms with E-state index in [4.69, 9.17) is 9.47 Å². The molecule has 0 saturated heterocycles. The molecule has 1 aliphatic rings. The molecule has 0 spiro atoms. The van der Waals surface area contributed by atoms with E-state index in [0.29, 0.717) is 31.2 Å². The third-order valence-electron chi connectivity index (χ3n) is 4.34. The van der Waals surface area contributed by atoms with Crippen LogP contribution in [0.1, 0.15) is 18.4 Å². The summed E-state index contributed by atoms with van der Waals surface area (Å²) in [5.41, 5.74) is 1.73. The summed E-state index contributed by atoms with van der Waals surface area (Å²) in [5, 5.41) is 8.43. The Balaban J connectivity index is 1.33. The molecule has 0 radical (unpaired) electrons. The zero-order valence-electron chi connectivity index (χ0n) is 15.9. The fourth-order valence-corrected chi connectivity index (χ4v) is 2.60. The Morgan fingerprint density at radius 2 is 1.71 bits per heavy atom. The standard InChI is InChI=1S/C21H25N3O4/c1-27-18-4-2-3-5-19(18)28-13-12-22-21(26)23-14-15-6-10-17(11-7-15)24-20(25)16-8-9-16/h2-7,10-11,16H,8-9,12-14H2,1H3,(H,24,25)(H2,22,23,26). The molecule has 2 aromatic rings. The van der Waals surface area contributed by atoms with E-state index in [1.165, 1.54) is 0 Å². The van der Waals surface area contributed by atoms with E-state index in [2.05, 4.69) is 16.0 Å². The lowest BCUT2D eigenvalue weighted by Crippen LogP contribution is -2.37. The zero-order chi connectivity index (χ0) is 19.8. The lowest BCUT2D eigenvalue weighted by Gasteiger charge is -2.11. The lowest BCUT2D eigenvalue weighted by atomic mass is 10.2. The topological polar surface area (TPSA) is 88.7 Å². The van der Waals surface area contributed by atoms with E-state index in [0.717, 1.165) is 24.1 Å². The minimum absolute atomic E-state index is 0.0839. The first kappa shape index (κ1) is 19.5. The Morgan fingerprint density at radius 3 is 2.39 bits per heavy atom. The molecule has 0 atom stereocenters. The summed E-state index contributed by atoms with van der Waals surface area (Å²) in [7, 11) is 1.58. The SMILES string of the molecule is COc1ccccc1OCCNC(=O)NCc1ccc(NC(=O)C2CC2)cc1. The number of hydrogen-bond acceptors (Lipinski definition) is 4. The van der Waals surface area contributed by atoms with Crippen LogP contribution in [0.5, 0.6) is 11.5 Å². The molecule has 1 fully saturated rings. The fourth-order valence-electron chi connectivity index (χ4n) is 2.60. The van der Waals surface area contributed by atoms with Gasteiger partial charge in [-0.3, -0.25) is 4.79 Å². The molecule has 0 unspecified atom stereocenters. The summed E-state index contributed by atoms with van der Waals surface area (Å²) >= 11 is 0. The summed E-state index contributed by atoms with van der Waals surface area (Å²) in [6.07, 6.45) is 1.96. The largest absolute Gasteiger partial charge is 0.493 e. The number of amides is 3. The van der Waals surface area contributed by atoms with Gasteiger partial charge in [-0.15, -0.1) is 0 Å². The van der Waals surface area contributed by atoms with Crippen molar-refractivity contribution in [3.63, 3.8) is 0 Å². The second-order valence-electron chi connectivity index (χ2n) is 6.57. The molecule has 3 amide bonds. The van der Waals surface area contributed by atoms with Gasteiger partial charge in [0.15, 0.2) is 11.5 Å². The molecule has 1 saturated carbocycles. The maximum Gasteiger partial charge on any atom is 0.315 e. The highest BCUT2D eigenvalue weighted by atomic mass is 16.5. The van der Waals surface area contributed by atoms with Crippen LogP contribution in [0.2, 0.25) is 0 Å². The number of ether oxygens (including phenoxy) is 2. The second-order valence-corrected chi connectivity index (χ2v) is 6.57. The third kappa shape index (κ3) is 5.90. The first-order valence-corrected chi connectivity index (χ1v) is 9.33. The average Bonchev–Trinajstić information content (AvgIpc) is 3.56. The van der Waals surface area contributed by atoms with E-state index in [1.807, 2.05) is 48.5 Å². The average molecular weight is 383 g/mol. The van der Waals surface area contributed by atoms with Crippen molar-refractivity contribution >= 4 is 17.6 Å². The quantitative estimate of drug-likeness (QED) is 0.581. The Kier molecular flexibility index (Phi) is 6.73. The lowest BCUT2D eigenvalue weighted by molar-refractivity contribution is -0.117. The molecule has 3 N–H and O–H groups in total. The van der Waals surface area contributed by atoms with E-state index in [1.54, 1.807) is 7.11 Å². The summed E-state index contributed by atoms with van der Waals surface area (Å²) in [5.74, 6) is 1.56. The van der Waals surface area contributed by atoms with Crippen LogP contribution < -0.4 is 25.4 Å². The number of benzene rings is 2. The van der Waals surface area contributed by atoms with Crippen molar-refractivity contribution in [3.8, 4) is 11.5 Å². The van der Waals surface area contributed by atoms with Crippen LogP contribution in [0.15, 0.2) is 48.5 Å². The first-order chi connectivity index (χ1) is 13.7. The third-order valence-corrected chi connectivity index (χ3v) is 4.34. The van der Waals surface area contributed by atoms with Gasteiger partial charge in [0, 0.05) is 18.2 Å². The monoisotopic (exact) mass is 383 g/mol. The summed E-state index contributed by atoms with van der Waals surface area (Å²) in [4.78, 5) is 23.6. The summed E-state index contributed by atoms with van der Waals surface area (Å²) in [6.45, 7) is 1.11. The Bertz CT molecular complexity index is 804. The van der Waals surface area contributed by atoms with Gasteiger partial charge in [0.2, 0.25) is 5.91 Å². The molecule has 0 aliphatic heterocycles. The summed E-state index contributed by atoms with van der Waals surface area (Å²) < 4.78 is 10.8. The van der Waals surface area contributed by atoms with Crippen LogP contribution in [-0.2, 0) is 11.3 Å².